The first-order valence-corrected chi connectivity index (χ1v) is 8.78. The van der Waals surface area contributed by atoms with Crippen molar-refractivity contribution < 1.29 is 23.8 Å². The van der Waals surface area contributed by atoms with E-state index >= 15 is 0 Å². The van der Waals surface area contributed by atoms with E-state index in [1.54, 1.807) is 12.1 Å². The lowest BCUT2D eigenvalue weighted by Gasteiger charge is -2.42. The summed E-state index contributed by atoms with van der Waals surface area (Å²) < 4.78 is 24.2. The SMILES string of the molecule is O=C1COC(COc2ccc(F)cc2)CN1C1CCN(CCO)CC1. The number of amides is 1. The number of piperidine rings is 1. The molecule has 1 amide bonds. The van der Waals surface area contributed by atoms with Crippen molar-refractivity contribution >= 4 is 5.91 Å². The molecule has 0 spiro atoms. The zero-order chi connectivity index (χ0) is 17.6. The van der Waals surface area contributed by atoms with Gasteiger partial charge in [0.2, 0.25) is 5.91 Å². The number of benzene rings is 1. The quantitative estimate of drug-likeness (QED) is 0.824. The Labute approximate surface area is 147 Å². The predicted molar refractivity (Wildman–Crippen MR) is 89.9 cm³/mol. The Bertz CT molecular complexity index is 561. The number of aliphatic hydroxyl groups excluding tert-OH is 1. The molecule has 138 valence electrons. The minimum atomic E-state index is -0.300. The number of rotatable bonds is 6. The van der Waals surface area contributed by atoms with Crippen LogP contribution in [0.5, 0.6) is 5.75 Å². The fourth-order valence-corrected chi connectivity index (χ4v) is 3.42. The van der Waals surface area contributed by atoms with Gasteiger partial charge in [-0.05, 0) is 37.1 Å². The molecule has 2 aliphatic rings. The summed E-state index contributed by atoms with van der Waals surface area (Å²) in [6, 6.07) is 6.09. The molecule has 3 rings (SSSR count). The lowest BCUT2D eigenvalue weighted by atomic mass is 10.0. The van der Waals surface area contributed by atoms with Gasteiger partial charge < -0.3 is 24.4 Å². The van der Waals surface area contributed by atoms with Crippen molar-refractivity contribution in [2.24, 2.45) is 0 Å². The number of hydrogen-bond acceptors (Lipinski definition) is 5. The molecule has 2 saturated heterocycles. The minimum Gasteiger partial charge on any atom is -0.491 e. The number of ether oxygens (including phenoxy) is 2. The summed E-state index contributed by atoms with van der Waals surface area (Å²) in [5, 5.41) is 9.02. The van der Waals surface area contributed by atoms with Crippen LogP contribution in [0.1, 0.15) is 12.8 Å². The van der Waals surface area contributed by atoms with Gasteiger partial charge in [0.05, 0.1) is 13.2 Å². The molecular weight excluding hydrogens is 327 g/mol. The van der Waals surface area contributed by atoms with Gasteiger partial charge in [0.25, 0.3) is 0 Å². The van der Waals surface area contributed by atoms with E-state index < -0.39 is 0 Å². The maximum atomic E-state index is 12.9. The van der Waals surface area contributed by atoms with Crippen LogP contribution < -0.4 is 4.74 Å². The Kier molecular flexibility index (Phi) is 6.23. The van der Waals surface area contributed by atoms with Crippen molar-refractivity contribution in [3.05, 3.63) is 30.1 Å². The molecule has 1 aromatic rings. The van der Waals surface area contributed by atoms with Crippen molar-refractivity contribution in [3.8, 4) is 5.75 Å². The van der Waals surface area contributed by atoms with Crippen molar-refractivity contribution in [2.75, 3.05) is 46.0 Å². The third-order valence-corrected chi connectivity index (χ3v) is 4.83. The number of aliphatic hydroxyl groups is 1. The summed E-state index contributed by atoms with van der Waals surface area (Å²) in [7, 11) is 0. The highest BCUT2D eigenvalue weighted by Gasteiger charge is 2.33. The molecule has 25 heavy (non-hydrogen) atoms. The van der Waals surface area contributed by atoms with Gasteiger partial charge in [-0.15, -0.1) is 0 Å². The average molecular weight is 352 g/mol. The van der Waals surface area contributed by atoms with Crippen LogP contribution in [0.15, 0.2) is 24.3 Å². The third kappa shape index (κ3) is 4.90. The Balaban J connectivity index is 1.49. The molecular formula is C18H25FN2O4. The van der Waals surface area contributed by atoms with E-state index in [0.29, 0.717) is 25.4 Å². The van der Waals surface area contributed by atoms with E-state index in [9.17, 15) is 9.18 Å². The highest BCUT2D eigenvalue weighted by atomic mass is 19.1. The molecule has 2 fully saturated rings. The number of halogens is 1. The molecule has 6 nitrogen and oxygen atoms in total. The number of likely N-dealkylation sites (tertiary alicyclic amines) is 1. The summed E-state index contributed by atoms with van der Waals surface area (Å²) in [5.74, 6) is 0.315. The summed E-state index contributed by atoms with van der Waals surface area (Å²) >= 11 is 0. The van der Waals surface area contributed by atoms with Crippen LogP contribution >= 0.6 is 0 Å². The van der Waals surface area contributed by atoms with Crippen LogP contribution in [0, 0.1) is 5.82 Å². The minimum absolute atomic E-state index is 0.0265. The van der Waals surface area contributed by atoms with Gasteiger partial charge in [0.15, 0.2) is 0 Å². The van der Waals surface area contributed by atoms with E-state index in [1.165, 1.54) is 12.1 Å². The monoisotopic (exact) mass is 352 g/mol. The number of nitrogens with zero attached hydrogens (tertiary/aromatic N) is 2. The molecule has 1 aromatic carbocycles. The lowest BCUT2D eigenvalue weighted by Crippen LogP contribution is -2.55. The highest BCUT2D eigenvalue weighted by Crippen LogP contribution is 2.21. The van der Waals surface area contributed by atoms with Crippen LogP contribution in [-0.4, -0.2) is 79.0 Å². The molecule has 1 atom stereocenters. The summed E-state index contributed by atoms with van der Waals surface area (Å²) in [6.45, 7) is 3.58. The fraction of sp³-hybridized carbons (Fsp3) is 0.611. The maximum Gasteiger partial charge on any atom is 0.248 e. The topological polar surface area (TPSA) is 62.2 Å². The molecule has 0 aromatic heterocycles. The summed E-state index contributed by atoms with van der Waals surface area (Å²) in [6.07, 6.45) is 1.65. The normalized spacial score (nSPS) is 23.0. The molecule has 0 saturated carbocycles. The fourth-order valence-electron chi connectivity index (χ4n) is 3.42. The summed E-state index contributed by atoms with van der Waals surface area (Å²) in [4.78, 5) is 16.4. The Morgan fingerprint density at radius 1 is 1.24 bits per heavy atom. The molecule has 7 heteroatoms. The Hall–Kier alpha value is -1.70. The van der Waals surface area contributed by atoms with Gasteiger partial charge in [-0.3, -0.25) is 4.79 Å². The van der Waals surface area contributed by atoms with Crippen molar-refractivity contribution in [2.45, 2.75) is 25.0 Å². The van der Waals surface area contributed by atoms with E-state index in [0.717, 1.165) is 25.9 Å². The molecule has 1 unspecified atom stereocenters. The number of carbonyl (C=O) groups is 1. The van der Waals surface area contributed by atoms with Crippen molar-refractivity contribution in [1.82, 2.24) is 9.80 Å². The van der Waals surface area contributed by atoms with Gasteiger partial charge in [-0.1, -0.05) is 0 Å². The maximum absolute atomic E-state index is 12.9. The third-order valence-electron chi connectivity index (χ3n) is 4.83. The second kappa shape index (κ2) is 8.60. The summed E-state index contributed by atoms with van der Waals surface area (Å²) in [5.41, 5.74) is 0. The molecule has 2 aliphatic heterocycles. The molecule has 2 heterocycles. The molecule has 0 bridgehead atoms. The van der Waals surface area contributed by atoms with E-state index in [2.05, 4.69) is 4.90 Å². The van der Waals surface area contributed by atoms with Crippen LogP contribution in [-0.2, 0) is 9.53 Å². The van der Waals surface area contributed by atoms with Crippen LogP contribution in [0.4, 0.5) is 4.39 Å². The molecule has 0 aliphatic carbocycles. The zero-order valence-electron chi connectivity index (χ0n) is 14.3. The first-order valence-electron chi connectivity index (χ1n) is 8.78. The Morgan fingerprint density at radius 2 is 1.96 bits per heavy atom. The van der Waals surface area contributed by atoms with Gasteiger partial charge in [0, 0.05) is 25.7 Å². The van der Waals surface area contributed by atoms with Crippen molar-refractivity contribution in [3.63, 3.8) is 0 Å². The predicted octanol–water partition coefficient (Wildman–Crippen LogP) is 0.889. The standard InChI is InChI=1S/C18H25FN2O4/c19-14-1-3-16(4-2-14)24-12-17-11-21(18(23)13-25-17)15-5-7-20(8-6-15)9-10-22/h1-4,15,17,22H,5-13H2. The van der Waals surface area contributed by atoms with E-state index in [-0.39, 0.29) is 37.1 Å². The van der Waals surface area contributed by atoms with E-state index in [1.807, 2.05) is 4.90 Å². The Morgan fingerprint density at radius 3 is 2.64 bits per heavy atom. The van der Waals surface area contributed by atoms with Gasteiger partial charge in [-0.25, -0.2) is 4.39 Å². The van der Waals surface area contributed by atoms with Crippen LogP contribution in [0.2, 0.25) is 0 Å². The van der Waals surface area contributed by atoms with Gasteiger partial charge in [0.1, 0.15) is 30.9 Å². The first-order chi connectivity index (χ1) is 12.2. The smallest absolute Gasteiger partial charge is 0.248 e. The first kappa shape index (κ1) is 18.1. The second-order valence-electron chi connectivity index (χ2n) is 6.54. The molecule has 0 radical (unpaired) electrons. The van der Waals surface area contributed by atoms with Gasteiger partial charge in [-0.2, -0.15) is 0 Å². The second-order valence-corrected chi connectivity index (χ2v) is 6.54. The molecule has 1 N–H and O–H groups in total. The number of hydrogen-bond donors (Lipinski definition) is 1. The van der Waals surface area contributed by atoms with Crippen LogP contribution in [0.25, 0.3) is 0 Å². The average Bonchev–Trinajstić information content (AvgIpc) is 2.63. The van der Waals surface area contributed by atoms with Crippen molar-refractivity contribution in [1.29, 1.82) is 0 Å². The number of morpholine rings is 1. The van der Waals surface area contributed by atoms with Gasteiger partial charge >= 0.3 is 0 Å². The largest absolute Gasteiger partial charge is 0.491 e. The zero-order valence-corrected chi connectivity index (χ0v) is 14.3. The number of β-amino-alcohol motifs (C(OH)–C–C–N with tert-alkyl or cyclic N) is 1. The van der Waals surface area contributed by atoms with E-state index in [4.69, 9.17) is 14.6 Å². The number of carbonyl (C=O) groups excluding carboxylic acids is 1. The van der Waals surface area contributed by atoms with Crippen LogP contribution in [0.3, 0.4) is 0 Å². The highest BCUT2D eigenvalue weighted by molar-refractivity contribution is 5.78. The lowest BCUT2D eigenvalue weighted by molar-refractivity contribution is -0.155.